The minimum absolute atomic E-state index is 0.105. The van der Waals surface area contributed by atoms with Crippen LogP contribution in [-0.2, 0) is 17.8 Å². The maximum absolute atomic E-state index is 11.0. The number of aliphatic hydroxyl groups excluding tert-OH is 2. The monoisotopic (exact) mass is 556 g/mol. The molecule has 2 radical (unpaired) electrons. The van der Waals surface area contributed by atoms with E-state index < -0.39 is 0 Å². The van der Waals surface area contributed by atoms with Gasteiger partial charge in [0, 0.05) is 46.6 Å². The molecular weight excluding hydrogens is 520 g/mol. The second-order valence-electron chi connectivity index (χ2n) is 10.2. The molecule has 1 fully saturated rings. The number of benzene rings is 2. The molecule has 210 valence electrons. The van der Waals surface area contributed by atoms with Crippen LogP contribution in [0.25, 0.3) is 0 Å². The van der Waals surface area contributed by atoms with Gasteiger partial charge in [-0.25, -0.2) is 9.15 Å². The number of aliphatic hydroxyl groups is 2. The second-order valence-corrected chi connectivity index (χ2v) is 10.2. The van der Waals surface area contributed by atoms with Crippen LogP contribution in [0.1, 0.15) is 18.1 Å². The number of ether oxygens (including phenoxy) is 1. The van der Waals surface area contributed by atoms with E-state index in [9.17, 15) is 10.2 Å². The molecular formula is C37H36N2O3+2. The van der Waals surface area contributed by atoms with Crippen LogP contribution in [-0.4, -0.2) is 57.1 Å². The third-order valence-corrected chi connectivity index (χ3v) is 7.49. The maximum Gasteiger partial charge on any atom is 0.200 e. The summed E-state index contributed by atoms with van der Waals surface area (Å²) in [6.07, 6.45) is 21.3. The molecule has 2 aromatic carbocycles. The number of rotatable bonds is 9. The highest BCUT2D eigenvalue weighted by Gasteiger charge is 2.44. The molecule has 0 aromatic heterocycles. The molecule has 1 saturated carbocycles. The van der Waals surface area contributed by atoms with Crippen LogP contribution in [0.2, 0.25) is 0 Å². The van der Waals surface area contributed by atoms with Crippen molar-refractivity contribution in [2.24, 2.45) is 0 Å². The minimum atomic E-state index is 0.105. The van der Waals surface area contributed by atoms with Crippen molar-refractivity contribution in [1.29, 1.82) is 0 Å². The van der Waals surface area contributed by atoms with Crippen LogP contribution in [0.4, 0.5) is 0 Å². The van der Waals surface area contributed by atoms with E-state index in [-0.39, 0.29) is 12.2 Å². The molecule has 0 aliphatic heterocycles. The Labute approximate surface area is 248 Å². The Hall–Kier alpha value is -4.34. The topological polar surface area (TPSA) is 55.7 Å². The van der Waals surface area contributed by atoms with E-state index in [0.717, 1.165) is 48.7 Å². The first kappa shape index (κ1) is 29.2. The van der Waals surface area contributed by atoms with Gasteiger partial charge in [-0.2, -0.15) is 0 Å². The van der Waals surface area contributed by atoms with E-state index >= 15 is 0 Å². The van der Waals surface area contributed by atoms with Gasteiger partial charge in [0.05, 0.1) is 0 Å². The number of nitrogens with zero attached hydrogens (tertiary/aromatic N) is 2. The van der Waals surface area contributed by atoms with Gasteiger partial charge in [-0.1, -0.05) is 66.6 Å². The van der Waals surface area contributed by atoms with Gasteiger partial charge < -0.3 is 14.9 Å². The van der Waals surface area contributed by atoms with Crippen LogP contribution in [0.5, 0.6) is 0 Å². The number of likely N-dealkylation sites (N-methyl/N-ethyl adjacent to an activating group) is 1. The summed E-state index contributed by atoms with van der Waals surface area (Å²) < 4.78 is 9.94. The number of terminal acetylenes is 1. The van der Waals surface area contributed by atoms with Crippen molar-refractivity contribution < 1.29 is 24.1 Å². The molecule has 0 bridgehead atoms. The van der Waals surface area contributed by atoms with Gasteiger partial charge in [0.2, 0.25) is 5.71 Å². The van der Waals surface area contributed by atoms with Gasteiger partial charge in [0.15, 0.2) is 37.6 Å². The molecule has 5 rings (SSSR count). The van der Waals surface area contributed by atoms with Crippen molar-refractivity contribution in [3.63, 3.8) is 0 Å². The van der Waals surface area contributed by atoms with Crippen LogP contribution >= 0.6 is 0 Å². The smallest absolute Gasteiger partial charge is 0.200 e. The first-order valence-corrected chi connectivity index (χ1v) is 14.3. The molecule has 2 N–H and O–H groups in total. The van der Waals surface area contributed by atoms with Crippen LogP contribution < -0.4 is 0 Å². The van der Waals surface area contributed by atoms with E-state index in [1.807, 2.05) is 60.7 Å². The van der Waals surface area contributed by atoms with Gasteiger partial charge in [0.1, 0.15) is 19.8 Å². The van der Waals surface area contributed by atoms with E-state index in [1.54, 1.807) is 0 Å². The molecule has 42 heavy (non-hydrogen) atoms. The van der Waals surface area contributed by atoms with E-state index in [2.05, 4.69) is 70.5 Å². The Morgan fingerprint density at radius 3 is 1.55 bits per heavy atom. The van der Waals surface area contributed by atoms with E-state index in [1.165, 1.54) is 11.1 Å². The fourth-order valence-electron chi connectivity index (χ4n) is 5.26. The third kappa shape index (κ3) is 6.75. The maximum atomic E-state index is 11.0. The molecule has 5 nitrogen and oxygen atoms in total. The molecule has 3 aliphatic carbocycles. The summed E-state index contributed by atoms with van der Waals surface area (Å²) >= 11 is 0. The summed E-state index contributed by atoms with van der Waals surface area (Å²) in [4.78, 5) is 0. The van der Waals surface area contributed by atoms with E-state index in [0.29, 0.717) is 24.4 Å². The lowest BCUT2D eigenvalue weighted by molar-refractivity contribution is -0.558. The molecule has 0 heterocycles. The quantitative estimate of drug-likeness (QED) is 0.239. The number of hydrogen-bond acceptors (Lipinski definition) is 3. The van der Waals surface area contributed by atoms with E-state index in [4.69, 9.17) is 11.2 Å². The minimum Gasteiger partial charge on any atom is -0.377 e. The standard InChI is InChI=1S/C37H36N2O3/c1-3-24-42-25-23-38(4-2)32-19-15-30(16-20-32)34-36(40)35(37(34)41)31-17-21-33(22-18-31)39(26-28-11-7-5-8-12-28)27-29-13-9-6-10-14-29/h1,5-22,40-41H,4,23-27H2,2H3/q+2. The molecule has 3 aliphatic rings. The van der Waals surface area contributed by atoms with Gasteiger partial charge >= 0.3 is 0 Å². The Morgan fingerprint density at radius 2 is 1.12 bits per heavy atom. The summed E-state index contributed by atoms with van der Waals surface area (Å²) in [5, 5.41) is 22.0. The largest absolute Gasteiger partial charge is 0.377 e. The van der Waals surface area contributed by atoms with Gasteiger partial charge in [0.25, 0.3) is 0 Å². The summed E-state index contributed by atoms with van der Waals surface area (Å²) in [6, 6.07) is 20.8. The number of hydrogen-bond donors (Lipinski definition) is 2. The van der Waals surface area contributed by atoms with Crippen molar-refractivity contribution in [2.45, 2.75) is 20.0 Å². The van der Waals surface area contributed by atoms with Crippen molar-refractivity contribution in [1.82, 2.24) is 0 Å². The molecule has 0 atom stereocenters. The Kier molecular flexibility index (Phi) is 9.74. The van der Waals surface area contributed by atoms with Crippen LogP contribution in [0, 0.1) is 24.6 Å². The summed E-state index contributed by atoms with van der Waals surface area (Å²) in [5.41, 5.74) is 7.05. The lowest BCUT2D eigenvalue weighted by atomic mass is 9.73. The van der Waals surface area contributed by atoms with Gasteiger partial charge in [-0.05, 0) is 42.4 Å². The first-order chi connectivity index (χ1) is 20.6. The van der Waals surface area contributed by atoms with Crippen LogP contribution in [0.15, 0.2) is 132 Å². The Bertz CT molecular complexity index is 1480. The molecule has 0 spiro atoms. The SMILES string of the molecule is C#CCOCC[N+](CC)=C1C=CC(=C2[C](O)C(=C3C=CC(=[N+](Cc4ccccc4)Cc4ccccc4)C=C3)[C]2O)C=C1. The van der Waals surface area contributed by atoms with Crippen molar-refractivity contribution in [3.8, 4) is 12.3 Å². The molecule has 0 amide bonds. The zero-order valence-corrected chi connectivity index (χ0v) is 23.9. The number of allylic oxidation sites excluding steroid dienone is 10. The predicted molar refractivity (Wildman–Crippen MR) is 167 cm³/mol. The summed E-state index contributed by atoms with van der Waals surface area (Å²) in [5.74, 6) is 2.48. The summed E-state index contributed by atoms with van der Waals surface area (Å²) in [7, 11) is 0. The highest BCUT2D eigenvalue weighted by molar-refractivity contribution is 6.03. The van der Waals surface area contributed by atoms with Crippen molar-refractivity contribution >= 4 is 11.4 Å². The Morgan fingerprint density at radius 1 is 0.667 bits per heavy atom. The highest BCUT2D eigenvalue weighted by Crippen LogP contribution is 2.50. The zero-order valence-electron chi connectivity index (χ0n) is 23.9. The normalized spacial score (nSPS) is 16.7. The zero-order chi connectivity index (χ0) is 29.3. The molecule has 0 saturated heterocycles. The molecule has 0 unspecified atom stereocenters. The van der Waals surface area contributed by atoms with Gasteiger partial charge in [-0.3, -0.25) is 0 Å². The average Bonchev–Trinajstić information content (AvgIpc) is 3.03. The highest BCUT2D eigenvalue weighted by atomic mass is 16.5. The molecule has 5 heteroatoms. The van der Waals surface area contributed by atoms with Crippen molar-refractivity contribution in [2.75, 3.05) is 26.3 Å². The predicted octanol–water partition coefficient (Wildman–Crippen LogP) is 5.63. The molecule has 2 aromatic rings. The third-order valence-electron chi connectivity index (χ3n) is 7.49. The second kappa shape index (κ2) is 14.0. The summed E-state index contributed by atoms with van der Waals surface area (Å²) in [6.45, 7) is 6.03. The first-order valence-electron chi connectivity index (χ1n) is 14.3. The fourth-order valence-corrected chi connectivity index (χ4v) is 5.26. The van der Waals surface area contributed by atoms with Crippen LogP contribution in [0.3, 0.4) is 0 Å². The Balaban J connectivity index is 1.34. The van der Waals surface area contributed by atoms with Gasteiger partial charge in [-0.15, -0.1) is 6.42 Å². The van der Waals surface area contributed by atoms with Crippen molar-refractivity contribution in [3.05, 3.63) is 155 Å². The average molecular weight is 557 g/mol. The lowest BCUT2D eigenvalue weighted by Crippen LogP contribution is -2.31. The lowest BCUT2D eigenvalue weighted by Gasteiger charge is -2.36. The fraction of sp³-hybridized carbons (Fsp3) is 0.189.